The van der Waals surface area contributed by atoms with Gasteiger partial charge in [0.25, 0.3) is 5.91 Å². The van der Waals surface area contributed by atoms with E-state index >= 15 is 0 Å². The number of anilines is 2. The highest BCUT2D eigenvalue weighted by molar-refractivity contribution is 6.33. The molecule has 0 bridgehead atoms. The number of pyridine rings is 1. The van der Waals surface area contributed by atoms with Gasteiger partial charge in [0.2, 0.25) is 5.91 Å². The lowest BCUT2D eigenvalue weighted by Gasteiger charge is -2.08. The van der Waals surface area contributed by atoms with E-state index in [1.165, 1.54) is 13.1 Å². The average molecular weight is 290 g/mol. The summed E-state index contributed by atoms with van der Waals surface area (Å²) in [6.45, 7) is 1.42. The summed E-state index contributed by atoms with van der Waals surface area (Å²) >= 11 is 5.86. The molecule has 20 heavy (non-hydrogen) atoms. The number of hydrogen-bond acceptors (Lipinski definition) is 3. The first-order valence-corrected chi connectivity index (χ1v) is 6.23. The first-order chi connectivity index (χ1) is 9.56. The molecule has 2 amide bonds. The number of nitrogens with one attached hydrogen (secondary N) is 2. The molecule has 0 spiro atoms. The largest absolute Gasteiger partial charge is 0.326 e. The van der Waals surface area contributed by atoms with Crippen LogP contribution in [0.15, 0.2) is 42.6 Å². The number of hydrogen-bond donors (Lipinski definition) is 2. The number of nitrogens with zero attached hydrogens (tertiary/aromatic N) is 1. The van der Waals surface area contributed by atoms with E-state index in [0.717, 1.165) is 0 Å². The second-order valence-corrected chi connectivity index (χ2v) is 4.42. The van der Waals surface area contributed by atoms with Gasteiger partial charge in [0.15, 0.2) is 0 Å². The van der Waals surface area contributed by atoms with E-state index in [2.05, 4.69) is 15.6 Å². The van der Waals surface area contributed by atoms with Crippen molar-refractivity contribution in [3.63, 3.8) is 0 Å². The molecular weight excluding hydrogens is 278 g/mol. The van der Waals surface area contributed by atoms with Crippen LogP contribution in [-0.2, 0) is 4.79 Å². The molecule has 0 aliphatic carbocycles. The van der Waals surface area contributed by atoms with Crippen LogP contribution in [-0.4, -0.2) is 16.8 Å². The Hall–Kier alpha value is -2.40. The summed E-state index contributed by atoms with van der Waals surface area (Å²) in [5.74, 6) is -0.535. The smallest absolute Gasteiger partial charge is 0.258 e. The molecule has 1 heterocycles. The lowest BCUT2D eigenvalue weighted by molar-refractivity contribution is -0.114. The summed E-state index contributed by atoms with van der Waals surface area (Å²) in [6, 6.07) is 10.0. The second-order valence-electron chi connectivity index (χ2n) is 4.06. The number of rotatable bonds is 3. The number of amides is 2. The van der Waals surface area contributed by atoms with Crippen LogP contribution in [0.5, 0.6) is 0 Å². The Morgan fingerprint density at radius 2 is 1.80 bits per heavy atom. The molecule has 5 nitrogen and oxygen atoms in total. The van der Waals surface area contributed by atoms with Gasteiger partial charge in [0.05, 0.1) is 5.56 Å². The molecule has 0 radical (unpaired) electrons. The number of aromatic nitrogens is 1. The van der Waals surface area contributed by atoms with Crippen LogP contribution in [0, 0.1) is 0 Å². The van der Waals surface area contributed by atoms with E-state index in [1.54, 1.807) is 36.4 Å². The van der Waals surface area contributed by atoms with E-state index < -0.39 is 0 Å². The Labute approximate surface area is 121 Å². The van der Waals surface area contributed by atoms with Crippen molar-refractivity contribution in [2.75, 3.05) is 10.6 Å². The number of carbonyl (C=O) groups is 2. The van der Waals surface area contributed by atoms with Gasteiger partial charge in [-0.15, -0.1) is 0 Å². The van der Waals surface area contributed by atoms with Crippen molar-refractivity contribution in [2.24, 2.45) is 0 Å². The predicted molar refractivity (Wildman–Crippen MR) is 77.9 cm³/mol. The van der Waals surface area contributed by atoms with Crippen LogP contribution in [0.2, 0.25) is 5.15 Å². The van der Waals surface area contributed by atoms with Crippen LogP contribution in [0.1, 0.15) is 17.3 Å². The number of halogens is 1. The average Bonchev–Trinajstić information content (AvgIpc) is 2.38. The first kappa shape index (κ1) is 14.0. The van der Waals surface area contributed by atoms with Gasteiger partial charge in [-0.05, 0) is 30.3 Å². The highest BCUT2D eigenvalue weighted by atomic mass is 35.5. The zero-order chi connectivity index (χ0) is 14.5. The summed E-state index contributed by atoms with van der Waals surface area (Å²) in [4.78, 5) is 26.9. The van der Waals surface area contributed by atoms with E-state index in [0.29, 0.717) is 16.9 Å². The Morgan fingerprint density at radius 1 is 1.10 bits per heavy atom. The first-order valence-electron chi connectivity index (χ1n) is 5.86. The SMILES string of the molecule is CC(=O)Nc1cccc(NC(=O)c2cccnc2Cl)c1. The maximum absolute atomic E-state index is 12.0. The fourth-order valence-electron chi connectivity index (χ4n) is 1.63. The molecular formula is C14H12ClN3O2. The second kappa shape index (κ2) is 6.16. The standard InChI is InChI=1S/C14H12ClN3O2/c1-9(19)17-10-4-2-5-11(8-10)18-14(20)12-6-3-7-16-13(12)15/h2-8H,1H3,(H,17,19)(H,18,20). The van der Waals surface area contributed by atoms with Gasteiger partial charge in [-0.2, -0.15) is 0 Å². The molecule has 0 saturated heterocycles. The van der Waals surface area contributed by atoms with E-state index in [-0.39, 0.29) is 17.0 Å². The minimum absolute atomic E-state index is 0.142. The van der Waals surface area contributed by atoms with Crippen molar-refractivity contribution < 1.29 is 9.59 Å². The molecule has 102 valence electrons. The number of carbonyl (C=O) groups excluding carboxylic acids is 2. The molecule has 1 aromatic carbocycles. The van der Waals surface area contributed by atoms with Gasteiger partial charge in [-0.25, -0.2) is 4.98 Å². The molecule has 2 aromatic rings. The third-order valence-electron chi connectivity index (χ3n) is 2.44. The van der Waals surface area contributed by atoms with Crippen molar-refractivity contribution in [1.82, 2.24) is 4.98 Å². The predicted octanol–water partition coefficient (Wildman–Crippen LogP) is 2.95. The monoisotopic (exact) mass is 289 g/mol. The molecule has 2 N–H and O–H groups in total. The van der Waals surface area contributed by atoms with Crippen LogP contribution < -0.4 is 10.6 Å². The van der Waals surface area contributed by atoms with Gasteiger partial charge in [-0.3, -0.25) is 9.59 Å². The van der Waals surface area contributed by atoms with Gasteiger partial charge < -0.3 is 10.6 Å². The Balaban J connectivity index is 2.16. The zero-order valence-electron chi connectivity index (χ0n) is 10.7. The molecule has 0 saturated carbocycles. The van der Waals surface area contributed by atoms with Gasteiger partial charge >= 0.3 is 0 Å². The van der Waals surface area contributed by atoms with Gasteiger partial charge in [0.1, 0.15) is 5.15 Å². The molecule has 1 aromatic heterocycles. The number of benzene rings is 1. The van der Waals surface area contributed by atoms with E-state index in [1.807, 2.05) is 0 Å². The summed E-state index contributed by atoms with van der Waals surface area (Å²) in [5.41, 5.74) is 1.45. The molecule has 0 fully saturated rings. The van der Waals surface area contributed by atoms with Crippen molar-refractivity contribution in [3.8, 4) is 0 Å². The molecule has 0 aliphatic heterocycles. The third-order valence-corrected chi connectivity index (χ3v) is 2.75. The Kier molecular flexibility index (Phi) is 4.32. The van der Waals surface area contributed by atoms with Crippen molar-refractivity contribution in [2.45, 2.75) is 6.92 Å². The zero-order valence-corrected chi connectivity index (χ0v) is 11.4. The molecule has 0 aliphatic rings. The van der Waals surface area contributed by atoms with Crippen molar-refractivity contribution in [3.05, 3.63) is 53.3 Å². The summed E-state index contributed by atoms with van der Waals surface area (Å²) in [7, 11) is 0. The highest BCUT2D eigenvalue weighted by Gasteiger charge is 2.11. The lowest BCUT2D eigenvalue weighted by atomic mass is 10.2. The lowest BCUT2D eigenvalue weighted by Crippen LogP contribution is -2.13. The minimum Gasteiger partial charge on any atom is -0.326 e. The molecule has 0 atom stereocenters. The fourth-order valence-corrected chi connectivity index (χ4v) is 1.84. The van der Waals surface area contributed by atoms with Crippen molar-refractivity contribution >= 4 is 34.8 Å². The molecule has 6 heteroatoms. The summed E-state index contributed by atoms with van der Waals surface area (Å²) in [5, 5.41) is 5.48. The van der Waals surface area contributed by atoms with Crippen LogP contribution in [0.25, 0.3) is 0 Å². The Morgan fingerprint density at radius 3 is 2.45 bits per heavy atom. The van der Waals surface area contributed by atoms with Crippen molar-refractivity contribution in [1.29, 1.82) is 0 Å². The fraction of sp³-hybridized carbons (Fsp3) is 0.0714. The molecule has 2 rings (SSSR count). The third kappa shape index (κ3) is 3.55. The quantitative estimate of drug-likeness (QED) is 0.853. The van der Waals surface area contributed by atoms with Crippen LogP contribution in [0.3, 0.4) is 0 Å². The normalized spacial score (nSPS) is 9.90. The minimum atomic E-state index is -0.358. The van der Waals surface area contributed by atoms with Gasteiger partial charge in [-0.1, -0.05) is 17.7 Å². The topological polar surface area (TPSA) is 71.1 Å². The van der Waals surface area contributed by atoms with E-state index in [4.69, 9.17) is 11.6 Å². The Bertz CT molecular complexity index is 658. The maximum Gasteiger partial charge on any atom is 0.258 e. The van der Waals surface area contributed by atoms with Crippen LogP contribution >= 0.6 is 11.6 Å². The van der Waals surface area contributed by atoms with Gasteiger partial charge in [0, 0.05) is 24.5 Å². The highest BCUT2D eigenvalue weighted by Crippen LogP contribution is 2.18. The summed E-state index contributed by atoms with van der Waals surface area (Å²) in [6.07, 6.45) is 1.51. The van der Waals surface area contributed by atoms with E-state index in [9.17, 15) is 9.59 Å². The summed E-state index contributed by atoms with van der Waals surface area (Å²) < 4.78 is 0. The molecule has 0 unspecified atom stereocenters. The maximum atomic E-state index is 12.0. The van der Waals surface area contributed by atoms with Crippen LogP contribution in [0.4, 0.5) is 11.4 Å².